The first-order valence-corrected chi connectivity index (χ1v) is 8.58. The molecule has 112 valence electrons. The number of hydrogen-bond donors (Lipinski definition) is 0. The molecule has 0 aromatic carbocycles. The summed E-state index contributed by atoms with van der Waals surface area (Å²) in [7, 11) is 0. The Morgan fingerprint density at radius 3 is 0.947 bits per heavy atom. The minimum absolute atomic E-state index is 0.419. The third-order valence-corrected chi connectivity index (χ3v) is 5.13. The molecule has 4 unspecified atom stereocenters. The fraction of sp³-hybridized carbons (Fsp3) is 1.00. The summed E-state index contributed by atoms with van der Waals surface area (Å²) < 4.78 is 6.66. The lowest BCUT2D eigenvalue weighted by molar-refractivity contribution is 0.490. The van der Waals surface area contributed by atoms with Crippen molar-refractivity contribution in [1.29, 1.82) is 0 Å². The molecule has 0 bridgehead atoms. The molecule has 0 rings (SSSR count). The summed E-state index contributed by atoms with van der Waals surface area (Å²) in [4.78, 5) is 0. The van der Waals surface area contributed by atoms with Gasteiger partial charge in [-0.15, -0.1) is 0 Å². The summed E-state index contributed by atoms with van der Waals surface area (Å²) in [5.41, 5.74) is 0. The van der Waals surface area contributed by atoms with Crippen molar-refractivity contribution < 1.29 is 4.57 Å². The van der Waals surface area contributed by atoms with Gasteiger partial charge in [0.1, 0.15) is 0 Å². The standard InChI is InChI=1S/C16H36B2O/c1-9-13(5)17(14(6)10-2)19-18(15(7)11-3)16(8)12-4/h13-16H,9-12H2,1-8H3. The zero-order valence-electron chi connectivity index (χ0n) is 14.7. The molecule has 0 aliphatic rings. The van der Waals surface area contributed by atoms with Crippen molar-refractivity contribution in [3.8, 4) is 0 Å². The van der Waals surface area contributed by atoms with E-state index in [0.29, 0.717) is 37.1 Å². The molecule has 0 N–H and O–H groups in total. The molecule has 0 amide bonds. The van der Waals surface area contributed by atoms with Gasteiger partial charge in [-0.05, 0) is 23.3 Å². The third kappa shape index (κ3) is 5.94. The highest BCUT2D eigenvalue weighted by atomic mass is 16.4. The molecule has 0 saturated carbocycles. The molecule has 1 nitrogen and oxygen atoms in total. The molecule has 0 fully saturated rings. The van der Waals surface area contributed by atoms with Crippen LogP contribution in [0.4, 0.5) is 0 Å². The van der Waals surface area contributed by atoms with Gasteiger partial charge in [-0.25, -0.2) is 0 Å². The Labute approximate surface area is 123 Å². The fourth-order valence-electron chi connectivity index (χ4n) is 2.77. The summed E-state index contributed by atoms with van der Waals surface area (Å²) in [5.74, 6) is 2.63. The van der Waals surface area contributed by atoms with Gasteiger partial charge in [0.25, 0.3) is 13.8 Å². The van der Waals surface area contributed by atoms with E-state index in [2.05, 4.69) is 55.4 Å². The van der Waals surface area contributed by atoms with Gasteiger partial charge in [-0.1, -0.05) is 81.1 Å². The van der Waals surface area contributed by atoms with E-state index in [9.17, 15) is 0 Å². The first-order valence-electron chi connectivity index (χ1n) is 8.58. The van der Waals surface area contributed by atoms with E-state index in [4.69, 9.17) is 4.57 Å². The molecule has 0 saturated heterocycles. The van der Waals surface area contributed by atoms with Crippen LogP contribution in [0.5, 0.6) is 0 Å². The van der Waals surface area contributed by atoms with Crippen LogP contribution in [0.3, 0.4) is 0 Å². The van der Waals surface area contributed by atoms with Gasteiger partial charge in [0.15, 0.2) is 0 Å². The Morgan fingerprint density at radius 1 is 0.579 bits per heavy atom. The molecule has 4 atom stereocenters. The molecule has 19 heavy (non-hydrogen) atoms. The Kier molecular flexibility index (Phi) is 9.96. The van der Waals surface area contributed by atoms with Crippen molar-refractivity contribution in [3.05, 3.63) is 0 Å². The molecule has 0 aromatic rings. The van der Waals surface area contributed by atoms with Gasteiger partial charge in [-0.2, -0.15) is 0 Å². The minimum Gasteiger partial charge on any atom is -0.498 e. The van der Waals surface area contributed by atoms with Crippen LogP contribution in [-0.4, -0.2) is 13.8 Å². The SMILES string of the molecule is CCC(C)B(OB(C(C)CC)C(C)CC)C(C)CC. The topological polar surface area (TPSA) is 9.23 Å². The van der Waals surface area contributed by atoms with Crippen LogP contribution >= 0.6 is 0 Å². The molecule has 0 heterocycles. The average molecular weight is 266 g/mol. The minimum atomic E-state index is 0.419. The van der Waals surface area contributed by atoms with Gasteiger partial charge in [-0.3, -0.25) is 0 Å². The predicted octanol–water partition coefficient (Wildman–Crippen LogP) is 6.19. The van der Waals surface area contributed by atoms with Crippen molar-refractivity contribution >= 4 is 13.8 Å². The van der Waals surface area contributed by atoms with Crippen LogP contribution < -0.4 is 0 Å². The van der Waals surface area contributed by atoms with Gasteiger partial charge < -0.3 is 4.57 Å². The highest BCUT2D eigenvalue weighted by Crippen LogP contribution is 2.34. The second kappa shape index (κ2) is 9.91. The van der Waals surface area contributed by atoms with Crippen molar-refractivity contribution in [2.75, 3.05) is 0 Å². The molecular formula is C16H36B2O. The van der Waals surface area contributed by atoms with Crippen molar-refractivity contribution in [2.45, 2.75) is 104 Å². The zero-order chi connectivity index (χ0) is 15.0. The van der Waals surface area contributed by atoms with Crippen LogP contribution in [0, 0.1) is 0 Å². The summed E-state index contributed by atoms with van der Waals surface area (Å²) in [5, 5.41) is 0. The lowest BCUT2D eigenvalue weighted by Crippen LogP contribution is -2.39. The molecular weight excluding hydrogens is 230 g/mol. The first kappa shape index (κ1) is 19.1. The van der Waals surface area contributed by atoms with Crippen LogP contribution in [0.1, 0.15) is 81.1 Å². The summed E-state index contributed by atoms with van der Waals surface area (Å²) in [6.07, 6.45) is 4.84. The molecule has 3 heteroatoms. The van der Waals surface area contributed by atoms with E-state index in [1.807, 2.05) is 0 Å². The second-order valence-corrected chi connectivity index (χ2v) is 6.61. The predicted molar refractivity (Wildman–Crippen MR) is 91.5 cm³/mol. The van der Waals surface area contributed by atoms with Gasteiger partial charge >= 0.3 is 0 Å². The van der Waals surface area contributed by atoms with Crippen LogP contribution in [0.2, 0.25) is 23.3 Å². The second-order valence-electron chi connectivity index (χ2n) is 6.61. The Bertz CT molecular complexity index is 181. The van der Waals surface area contributed by atoms with Crippen molar-refractivity contribution in [3.63, 3.8) is 0 Å². The third-order valence-electron chi connectivity index (χ3n) is 5.13. The summed E-state index contributed by atoms with van der Waals surface area (Å²) in [6.45, 7) is 19.4. The Balaban J connectivity index is 4.91. The van der Waals surface area contributed by atoms with Crippen LogP contribution in [0.15, 0.2) is 0 Å². The highest BCUT2D eigenvalue weighted by Gasteiger charge is 2.36. The molecule has 0 aliphatic carbocycles. The fourth-order valence-corrected chi connectivity index (χ4v) is 2.77. The normalized spacial score (nSPS) is 17.7. The van der Waals surface area contributed by atoms with Crippen molar-refractivity contribution in [2.24, 2.45) is 0 Å². The summed E-state index contributed by atoms with van der Waals surface area (Å²) >= 11 is 0. The van der Waals surface area contributed by atoms with E-state index >= 15 is 0 Å². The zero-order valence-corrected chi connectivity index (χ0v) is 14.7. The largest absolute Gasteiger partial charge is 0.498 e. The lowest BCUT2D eigenvalue weighted by Gasteiger charge is -2.33. The van der Waals surface area contributed by atoms with Gasteiger partial charge in [0, 0.05) is 0 Å². The maximum atomic E-state index is 6.66. The lowest BCUT2D eigenvalue weighted by atomic mass is 9.39. The Hall–Kier alpha value is 0.0899. The van der Waals surface area contributed by atoms with Crippen molar-refractivity contribution in [1.82, 2.24) is 0 Å². The molecule has 0 radical (unpaired) electrons. The number of rotatable bonds is 10. The van der Waals surface area contributed by atoms with Gasteiger partial charge in [0.05, 0.1) is 0 Å². The first-order chi connectivity index (χ1) is 8.92. The van der Waals surface area contributed by atoms with E-state index in [1.54, 1.807) is 0 Å². The summed E-state index contributed by atoms with van der Waals surface area (Å²) in [6, 6.07) is 0. The van der Waals surface area contributed by atoms with Crippen LogP contribution in [0.25, 0.3) is 0 Å². The van der Waals surface area contributed by atoms with E-state index < -0.39 is 0 Å². The molecule has 0 aromatic heterocycles. The van der Waals surface area contributed by atoms with Gasteiger partial charge in [0.2, 0.25) is 0 Å². The Morgan fingerprint density at radius 2 is 0.789 bits per heavy atom. The molecule has 0 aliphatic heterocycles. The maximum absolute atomic E-state index is 6.66. The monoisotopic (exact) mass is 266 g/mol. The number of hydrogen-bond acceptors (Lipinski definition) is 1. The smallest absolute Gasteiger partial charge is 0.282 e. The van der Waals surface area contributed by atoms with Crippen LogP contribution in [-0.2, 0) is 4.57 Å². The maximum Gasteiger partial charge on any atom is 0.282 e. The van der Waals surface area contributed by atoms with E-state index in [0.717, 1.165) is 0 Å². The quantitative estimate of drug-likeness (QED) is 0.428. The van der Waals surface area contributed by atoms with E-state index in [1.165, 1.54) is 25.7 Å². The average Bonchev–Trinajstić information content (AvgIpc) is 2.45. The highest BCUT2D eigenvalue weighted by molar-refractivity contribution is 6.69. The molecule has 0 spiro atoms. The van der Waals surface area contributed by atoms with E-state index in [-0.39, 0.29) is 0 Å².